The zero-order valence-corrected chi connectivity index (χ0v) is 9.16. The van der Waals surface area contributed by atoms with Gasteiger partial charge in [0, 0.05) is 18.8 Å². The summed E-state index contributed by atoms with van der Waals surface area (Å²) in [6.07, 6.45) is 6.75. The van der Waals surface area contributed by atoms with Crippen LogP contribution in [0.3, 0.4) is 0 Å². The third kappa shape index (κ3) is 2.81. The Morgan fingerprint density at radius 2 is 2.33 bits per heavy atom. The molecule has 82 valence electrons. The van der Waals surface area contributed by atoms with Gasteiger partial charge in [-0.1, -0.05) is 6.92 Å². The van der Waals surface area contributed by atoms with Gasteiger partial charge < -0.3 is 10.6 Å². The molecule has 0 unspecified atom stereocenters. The van der Waals surface area contributed by atoms with E-state index in [1.54, 1.807) is 6.20 Å². The Labute approximate surface area is 90.5 Å². The Bertz CT molecular complexity index is 309. The van der Waals surface area contributed by atoms with Crippen LogP contribution in [0, 0.1) is 0 Å². The normalized spacial score (nSPS) is 15.8. The lowest BCUT2D eigenvalue weighted by molar-refractivity contribution is 0.444. The summed E-state index contributed by atoms with van der Waals surface area (Å²) in [5, 5.41) is 6.59. The van der Waals surface area contributed by atoms with E-state index in [4.69, 9.17) is 0 Å². The molecule has 0 saturated heterocycles. The summed E-state index contributed by atoms with van der Waals surface area (Å²) < 4.78 is 0. The molecular weight excluding hydrogens is 188 g/mol. The van der Waals surface area contributed by atoms with Gasteiger partial charge in [-0.25, -0.2) is 4.98 Å². The van der Waals surface area contributed by atoms with E-state index in [1.165, 1.54) is 19.3 Å². The van der Waals surface area contributed by atoms with Gasteiger partial charge in [0.2, 0.25) is 5.95 Å². The number of rotatable bonds is 5. The number of aromatic nitrogens is 2. The van der Waals surface area contributed by atoms with Crippen LogP contribution in [0.1, 0.15) is 32.6 Å². The second kappa shape index (κ2) is 4.96. The molecule has 1 aromatic rings. The monoisotopic (exact) mass is 206 g/mol. The van der Waals surface area contributed by atoms with Crippen LogP contribution in [-0.4, -0.2) is 22.6 Å². The third-order valence-electron chi connectivity index (χ3n) is 2.65. The summed E-state index contributed by atoms with van der Waals surface area (Å²) in [5.41, 5.74) is 0. The first-order valence-corrected chi connectivity index (χ1v) is 5.72. The molecule has 1 aliphatic rings. The van der Waals surface area contributed by atoms with Gasteiger partial charge in [-0.15, -0.1) is 0 Å². The molecule has 2 N–H and O–H groups in total. The van der Waals surface area contributed by atoms with Crippen LogP contribution in [0.5, 0.6) is 0 Å². The minimum absolute atomic E-state index is 0.624. The Morgan fingerprint density at radius 1 is 1.47 bits per heavy atom. The molecule has 4 heteroatoms. The maximum Gasteiger partial charge on any atom is 0.224 e. The van der Waals surface area contributed by atoms with Gasteiger partial charge in [-0.2, -0.15) is 4.98 Å². The van der Waals surface area contributed by atoms with Crippen LogP contribution in [-0.2, 0) is 0 Å². The van der Waals surface area contributed by atoms with Gasteiger partial charge in [0.05, 0.1) is 0 Å². The van der Waals surface area contributed by atoms with Crippen molar-refractivity contribution in [3.05, 3.63) is 12.3 Å². The average Bonchev–Trinajstić information content (AvgIpc) is 2.21. The minimum atomic E-state index is 0.624. The Balaban J connectivity index is 1.92. The molecule has 1 fully saturated rings. The van der Waals surface area contributed by atoms with Gasteiger partial charge in [0.25, 0.3) is 0 Å². The zero-order valence-electron chi connectivity index (χ0n) is 9.16. The van der Waals surface area contributed by atoms with E-state index in [1.807, 2.05) is 6.07 Å². The molecule has 0 spiro atoms. The lowest BCUT2D eigenvalue weighted by Gasteiger charge is -2.26. The fourth-order valence-electron chi connectivity index (χ4n) is 1.52. The maximum atomic E-state index is 4.40. The van der Waals surface area contributed by atoms with E-state index in [0.717, 1.165) is 24.7 Å². The quantitative estimate of drug-likeness (QED) is 0.776. The highest BCUT2D eigenvalue weighted by molar-refractivity contribution is 5.40. The summed E-state index contributed by atoms with van der Waals surface area (Å²) >= 11 is 0. The van der Waals surface area contributed by atoms with E-state index < -0.39 is 0 Å². The Hall–Kier alpha value is -1.32. The topological polar surface area (TPSA) is 49.8 Å². The van der Waals surface area contributed by atoms with E-state index in [9.17, 15) is 0 Å². The first kappa shape index (κ1) is 10.2. The molecule has 0 bridgehead atoms. The van der Waals surface area contributed by atoms with Crippen molar-refractivity contribution in [3.8, 4) is 0 Å². The molecule has 0 amide bonds. The van der Waals surface area contributed by atoms with Gasteiger partial charge in [0.1, 0.15) is 5.82 Å². The second-order valence-corrected chi connectivity index (χ2v) is 3.96. The van der Waals surface area contributed by atoms with E-state index in [2.05, 4.69) is 27.5 Å². The standard InChI is InChI=1S/C11H18N4/c1-2-7-12-11-13-8-6-10(15-11)14-9-4-3-5-9/h6,8-9H,2-5,7H2,1H3,(H2,12,13,14,15). The van der Waals surface area contributed by atoms with Crippen molar-refractivity contribution >= 4 is 11.8 Å². The van der Waals surface area contributed by atoms with Gasteiger partial charge in [-0.05, 0) is 31.7 Å². The molecule has 0 aromatic carbocycles. The molecule has 4 nitrogen and oxygen atoms in total. The molecule has 1 aromatic heterocycles. The highest BCUT2D eigenvalue weighted by Crippen LogP contribution is 2.22. The molecule has 0 radical (unpaired) electrons. The first-order chi connectivity index (χ1) is 7.38. The van der Waals surface area contributed by atoms with Crippen molar-refractivity contribution in [1.29, 1.82) is 0 Å². The van der Waals surface area contributed by atoms with Crippen LogP contribution in [0.4, 0.5) is 11.8 Å². The molecule has 15 heavy (non-hydrogen) atoms. The highest BCUT2D eigenvalue weighted by Gasteiger charge is 2.17. The number of hydrogen-bond donors (Lipinski definition) is 2. The number of nitrogens with zero attached hydrogens (tertiary/aromatic N) is 2. The van der Waals surface area contributed by atoms with Crippen molar-refractivity contribution in [2.24, 2.45) is 0 Å². The largest absolute Gasteiger partial charge is 0.367 e. The summed E-state index contributed by atoms with van der Waals surface area (Å²) in [4.78, 5) is 8.56. The predicted octanol–water partition coefficient (Wildman–Crippen LogP) is 2.26. The number of nitrogens with one attached hydrogen (secondary N) is 2. The Kier molecular flexibility index (Phi) is 3.37. The average molecular weight is 206 g/mol. The molecule has 1 heterocycles. The SMILES string of the molecule is CCCNc1nccc(NC2CCC2)n1. The molecular formula is C11H18N4. The van der Waals surface area contributed by atoms with Crippen LogP contribution in [0.15, 0.2) is 12.3 Å². The summed E-state index contributed by atoms with van der Waals surface area (Å²) in [6, 6.07) is 2.55. The van der Waals surface area contributed by atoms with Crippen LogP contribution in [0.2, 0.25) is 0 Å². The van der Waals surface area contributed by atoms with E-state index >= 15 is 0 Å². The number of hydrogen-bond acceptors (Lipinski definition) is 4. The molecule has 1 saturated carbocycles. The van der Waals surface area contributed by atoms with Crippen LogP contribution < -0.4 is 10.6 Å². The fraction of sp³-hybridized carbons (Fsp3) is 0.636. The summed E-state index contributed by atoms with van der Waals surface area (Å²) in [5.74, 6) is 1.66. The highest BCUT2D eigenvalue weighted by atomic mass is 15.1. The summed E-state index contributed by atoms with van der Waals surface area (Å²) in [6.45, 7) is 3.05. The van der Waals surface area contributed by atoms with Gasteiger partial charge >= 0.3 is 0 Å². The van der Waals surface area contributed by atoms with Crippen LogP contribution in [0.25, 0.3) is 0 Å². The second-order valence-electron chi connectivity index (χ2n) is 3.96. The molecule has 0 atom stereocenters. The van der Waals surface area contributed by atoms with Crippen LogP contribution >= 0.6 is 0 Å². The summed E-state index contributed by atoms with van der Waals surface area (Å²) in [7, 11) is 0. The van der Waals surface area contributed by atoms with Crippen molar-refractivity contribution in [1.82, 2.24) is 9.97 Å². The zero-order chi connectivity index (χ0) is 10.5. The molecule has 2 rings (SSSR count). The minimum Gasteiger partial charge on any atom is -0.367 e. The van der Waals surface area contributed by atoms with Crippen molar-refractivity contribution in [2.75, 3.05) is 17.2 Å². The van der Waals surface area contributed by atoms with Crippen molar-refractivity contribution < 1.29 is 0 Å². The van der Waals surface area contributed by atoms with E-state index in [0.29, 0.717) is 6.04 Å². The first-order valence-electron chi connectivity index (χ1n) is 5.72. The van der Waals surface area contributed by atoms with Crippen molar-refractivity contribution in [2.45, 2.75) is 38.6 Å². The van der Waals surface area contributed by atoms with E-state index in [-0.39, 0.29) is 0 Å². The third-order valence-corrected chi connectivity index (χ3v) is 2.65. The predicted molar refractivity (Wildman–Crippen MR) is 62.1 cm³/mol. The lowest BCUT2D eigenvalue weighted by atomic mass is 9.93. The van der Waals surface area contributed by atoms with Gasteiger partial charge in [0.15, 0.2) is 0 Å². The van der Waals surface area contributed by atoms with Crippen molar-refractivity contribution in [3.63, 3.8) is 0 Å². The smallest absolute Gasteiger partial charge is 0.224 e. The molecule has 1 aliphatic carbocycles. The Morgan fingerprint density at radius 3 is 3.00 bits per heavy atom. The fourth-order valence-corrected chi connectivity index (χ4v) is 1.52. The lowest BCUT2D eigenvalue weighted by Crippen LogP contribution is -2.27. The number of anilines is 2. The maximum absolute atomic E-state index is 4.40. The molecule has 0 aliphatic heterocycles. The van der Waals surface area contributed by atoms with Gasteiger partial charge in [-0.3, -0.25) is 0 Å².